The van der Waals surface area contributed by atoms with Gasteiger partial charge in [-0.15, -0.1) is 0 Å². The van der Waals surface area contributed by atoms with E-state index in [4.69, 9.17) is 22.4 Å². The second kappa shape index (κ2) is 6.56. The first-order valence-corrected chi connectivity index (χ1v) is 7.83. The predicted molar refractivity (Wildman–Crippen MR) is 76.7 cm³/mol. The number of sulfonamides is 1. The highest BCUT2D eigenvalue weighted by Gasteiger charge is 2.26. The average Bonchev–Trinajstić information content (AvgIpc) is 2.33. The van der Waals surface area contributed by atoms with E-state index in [9.17, 15) is 8.42 Å². The van der Waals surface area contributed by atoms with E-state index >= 15 is 0 Å². The number of nitrogens with zero attached hydrogens (tertiary/aromatic N) is 1. The molecule has 0 aliphatic rings. The molecule has 0 aliphatic carbocycles. The van der Waals surface area contributed by atoms with Gasteiger partial charge in [-0.25, -0.2) is 8.42 Å². The van der Waals surface area contributed by atoms with Crippen LogP contribution in [0.1, 0.15) is 18.9 Å². The molecule has 1 rings (SSSR count). The van der Waals surface area contributed by atoms with Gasteiger partial charge >= 0.3 is 0 Å². The molecule has 0 aliphatic heterocycles. The first-order chi connectivity index (χ1) is 8.84. The van der Waals surface area contributed by atoms with E-state index in [0.29, 0.717) is 24.2 Å². The Morgan fingerprint density at radius 1 is 1.37 bits per heavy atom. The predicted octanol–water partition coefficient (Wildman–Crippen LogP) is 1.62. The molecule has 0 bridgehead atoms. The number of aliphatic hydroxyl groups is 1. The summed E-state index contributed by atoms with van der Waals surface area (Å²) in [5.74, 6) is 0. The van der Waals surface area contributed by atoms with Crippen LogP contribution in [0.5, 0.6) is 0 Å². The summed E-state index contributed by atoms with van der Waals surface area (Å²) in [6.45, 7) is 3.69. The van der Waals surface area contributed by atoms with Crippen LogP contribution >= 0.6 is 11.6 Å². The van der Waals surface area contributed by atoms with Gasteiger partial charge in [0.05, 0.1) is 11.5 Å². The number of hydrogen-bond acceptors (Lipinski definition) is 4. The zero-order valence-electron chi connectivity index (χ0n) is 11.1. The zero-order valence-corrected chi connectivity index (χ0v) is 12.6. The average molecular weight is 307 g/mol. The van der Waals surface area contributed by atoms with Gasteiger partial charge in [0.1, 0.15) is 0 Å². The van der Waals surface area contributed by atoms with Crippen LogP contribution in [0.15, 0.2) is 17.0 Å². The van der Waals surface area contributed by atoms with Crippen molar-refractivity contribution in [2.45, 2.75) is 25.2 Å². The van der Waals surface area contributed by atoms with E-state index in [0.717, 1.165) is 0 Å². The maximum Gasteiger partial charge on any atom is 0.243 e. The number of aliphatic hydroxyl groups excluding tert-OH is 1. The van der Waals surface area contributed by atoms with Crippen LogP contribution in [0.2, 0.25) is 5.02 Å². The second-order valence-corrected chi connectivity index (χ2v) is 6.59. The number of anilines is 1. The van der Waals surface area contributed by atoms with Crippen LogP contribution in [-0.4, -0.2) is 37.5 Å². The molecule has 19 heavy (non-hydrogen) atoms. The first kappa shape index (κ1) is 16.2. The lowest BCUT2D eigenvalue weighted by atomic mass is 10.2. The van der Waals surface area contributed by atoms with Gasteiger partial charge in [-0.2, -0.15) is 4.31 Å². The maximum atomic E-state index is 12.5. The van der Waals surface area contributed by atoms with E-state index in [1.807, 2.05) is 6.92 Å². The zero-order chi connectivity index (χ0) is 14.6. The molecule has 0 atom stereocenters. The molecular formula is C12H19ClN2O3S. The summed E-state index contributed by atoms with van der Waals surface area (Å²) < 4.78 is 26.3. The Balaban J connectivity index is 3.32. The van der Waals surface area contributed by atoms with Gasteiger partial charge in [-0.3, -0.25) is 0 Å². The minimum atomic E-state index is -3.69. The van der Waals surface area contributed by atoms with Crippen LogP contribution in [0.25, 0.3) is 0 Å². The van der Waals surface area contributed by atoms with E-state index in [1.165, 1.54) is 16.4 Å². The quantitative estimate of drug-likeness (QED) is 0.782. The standard InChI is InChI=1S/C12H19ClN2O3S/c1-3-4-15(5-6-16)19(17,18)12-8-10(13)7-11(14)9(12)2/h7-8,16H,3-6,14H2,1-2H3. The fourth-order valence-corrected chi connectivity index (χ4v) is 3.89. The number of nitrogen functional groups attached to an aromatic ring is 1. The van der Waals surface area contributed by atoms with Crippen molar-refractivity contribution in [1.29, 1.82) is 0 Å². The molecule has 7 heteroatoms. The SMILES string of the molecule is CCCN(CCO)S(=O)(=O)c1cc(Cl)cc(N)c1C. The lowest BCUT2D eigenvalue weighted by Crippen LogP contribution is -2.34. The van der Waals surface area contributed by atoms with Gasteiger partial charge in [-0.1, -0.05) is 18.5 Å². The Labute approximate surface area is 119 Å². The third-order valence-corrected chi connectivity index (χ3v) is 5.05. The van der Waals surface area contributed by atoms with Gasteiger partial charge in [0, 0.05) is 23.8 Å². The van der Waals surface area contributed by atoms with Gasteiger partial charge in [-0.05, 0) is 31.0 Å². The first-order valence-electron chi connectivity index (χ1n) is 6.01. The summed E-state index contributed by atoms with van der Waals surface area (Å²) in [7, 11) is -3.69. The van der Waals surface area contributed by atoms with Crippen LogP contribution in [0.4, 0.5) is 5.69 Å². The Hall–Kier alpha value is -0.820. The molecule has 5 nitrogen and oxygen atoms in total. The summed E-state index contributed by atoms with van der Waals surface area (Å²) >= 11 is 5.87. The maximum absolute atomic E-state index is 12.5. The number of halogens is 1. The van der Waals surface area contributed by atoms with Gasteiger partial charge in [0.25, 0.3) is 0 Å². The lowest BCUT2D eigenvalue weighted by Gasteiger charge is -2.22. The molecule has 3 N–H and O–H groups in total. The van der Waals surface area contributed by atoms with Gasteiger partial charge in [0.2, 0.25) is 10.0 Å². The third kappa shape index (κ3) is 3.60. The van der Waals surface area contributed by atoms with Crippen molar-refractivity contribution in [2.24, 2.45) is 0 Å². The number of benzene rings is 1. The number of rotatable bonds is 6. The molecule has 0 fully saturated rings. The molecule has 0 saturated carbocycles. The van der Waals surface area contributed by atoms with Crippen LogP contribution < -0.4 is 5.73 Å². The molecule has 0 amide bonds. The van der Waals surface area contributed by atoms with Gasteiger partial charge in [0.15, 0.2) is 0 Å². The number of nitrogens with two attached hydrogens (primary N) is 1. The molecule has 108 valence electrons. The monoisotopic (exact) mass is 306 g/mol. The second-order valence-electron chi connectivity index (χ2n) is 4.25. The van der Waals surface area contributed by atoms with Crippen LogP contribution in [-0.2, 0) is 10.0 Å². The fraction of sp³-hybridized carbons (Fsp3) is 0.500. The highest BCUT2D eigenvalue weighted by atomic mass is 35.5. The summed E-state index contributed by atoms with van der Waals surface area (Å²) in [4.78, 5) is 0.0967. The summed E-state index contributed by atoms with van der Waals surface area (Å²) in [5, 5.41) is 9.27. The van der Waals surface area contributed by atoms with Crippen LogP contribution in [0, 0.1) is 6.92 Å². The summed E-state index contributed by atoms with van der Waals surface area (Å²) in [5.41, 5.74) is 6.56. The minimum Gasteiger partial charge on any atom is -0.398 e. The molecule has 1 aromatic rings. The van der Waals surface area contributed by atoms with E-state index in [-0.39, 0.29) is 23.1 Å². The van der Waals surface area contributed by atoms with E-state index in [2.05, 4.69) is 0 Å². The van der Waals surface area contributed by atoms with E-state index in [1.54, 1.807) is 6.92 Å². The molecule has 0 saturated heterocycles. The Bertz CT molecular complexity index is 540. The highest BCUT2D eigenvalue weighted by molar-refractivity contribution is 7.89. The summed E-state index contributed by atoms with van der Waals surface area (Å²) in [6, 6.07) is 2.91. The third-order valence-electron chi connectivity index (χ3n) is 2.81. The largest absolute Gasteiger partial charge is 0.398 e. The molecule has 0 heterocycles. The Morgan fingerprint density at radius 3 is 2.53 bits per heavy atom. The van der Waals surface area contributed by atoms with Crippen molar-refractivity contribution in [2.75, 3.05) is 25.4 Å². The van der Waals surface area contributed by atoms with Crippen molar-refractivity contribution in [1.82, 2.24) is 4.31 Å². The molecule has 0 aromatic heterocycles. The van der Waals surface area contributed by atoms with Crippen molar-refractivity contribution in [3.63, 3.8) is 0 Å². The normalized spacial score (nSPS) is 12.1. The lowest BCUT2D eigenvalue weighted by molar-refractivity contribution is 0.253. The minimum absolute atomic E-state index is 0.0576. The Kier molecular flexibility index (Phi) is 5.61. The molecular weight excluding hydrogens is 288 g/mol. The number of hydrogen-bond donors (Lipinski definition) is 2. The molecule has 0 spiro atoms. The highest BCUT2D eigenvalue weighted by Crippen LogP contribution is 2.28. The summed E-state index contributed by atoms with van der Waals surface area (Å²) in [6.07, 6.45) is 0.661. The van der Waals surface area contributed by atoms with Crippen molar-refractivity contribution >= 4 is 27.3 Å². The van der Waals surface area contributed by atoms with E-state index < -0.39 is 10.0 Å². The van der Waals surface area contributed by atoms with Crippen molar-refractivity contribution in [3.05, 3.63) is 22.7 Å². The fourth-order valence-electron chi connectivity index (χ4n) is 1.79. The van der Waals surface area contributed by atoms with Crippen molar-refractivity contribution in [3.8, 4) is 0 Å². The topological polar surface area (TPSA) is 83.6 Å². The van der Waals surface area contributed by atoms with Crippen LogP contribution in [0.3, 0.4) is 0 Å². The molecule has 0 radical (unpaired) electrons. The smallest absolute Gasteiger partial charge is 0.243 e. The van der Waals surface area contributed by atoms with Crippen molar-refractivity contribution < 1.29 is 13.5 Å². The Morgan fingerprint density at radius 2 is 2.00 bits per heavy atom. The molecule has 1 aromatic carbocycles. The van der Waals surface area contributed by atoms with Gasteiger partial charge < -0.3 is 10.8 Å². The molecule has 0 unspecified atom stereocenters.